The average Bonchev–Trinajstić information content (AvgIpc) is 3.30. The zero-order valence-corrected chi connectivity index (χ0v) is 25.2. The molecule has 220 valence electrons. The highest BCUT2D eigenvalue weighted by atomic mass is 19.1. The smallest absolute Gasteiger partial charge is 0.337 e. The van der Waals surface area contributed by atoms with Crippen molar-refractivity contribution < 1.29 is 23.5 Å². The fraction of sp³-hybridized carbons (Fsp3) is 0.562. The molecule has 0 unspecified atom stereocenters. The molecule has 1 amide bonds. The number of furan rings is 1. The molecule has 1 N–H and O–H groups in total. The number of carbonyl (C=O) groups is 2. The van der Waals surface area contributed by atoms with Crippen LogP contribution in [0, 0.1) is 11.2 Å². The lowest BCUT2D eigenvalue weighted by Crippen LogP contribution is -2.61. The van der Waals surface area contributed by atoms with E-state index in [0.29, 0.717) is 42.1 Å². The fourth-order valence-corrected chi connectivity index (χ4v) is 6.23. The van der Waals surface area contributed by atoms with Crippen molar-refractivity contribution in [3.05, 3.63) is 52.8 Å². The highest BCUT2D eigenvalue weighted by molar-refractivity contribution is 5.96. The molecule has 8 nitrogen and oxygen atoms in total. The molecule has 5 rings (SSSR count). The summed E-state index contributed by atoms with van der Waals surface area (Å²) in [6.07, 6.45) is 5.70. The SMILES string of the molecule is CC1(C)CCC(c2cc(C(C)(C)C)c3oc(C(=O)N4CCN(c5ncc(C(=O)O)cc5F)CC4(C)C)cc3n2)CC1. The molecule has 3 aromatic rings. The van der Waals surface area contributed by atoms with E-state index in [0.717, 1.165) is 36.4 Å². The van der Waals surface area contributed by atoms with E-state index in [9.17, 15) is 14.0 Å². The molecule has 9 heteroatoms. The molecule has 1 aliphatic heterocycles. The summed E-state index contributed by atoms with van der Waals surface area (Å²) in [7, 11) is 0. The molecule has 2 aliphatic rings. The monoisotopic (exact) mass is 564 g/mol. The van der Waals surface area contributed by atoms with Crippen molar-refractivity contribution in [1.82, 2.24) is 14.9 Å². The largest absolute Gasteiger partial charge is 0.478 e. The van der Waals surface area contributed by atoms with Gasteiger partial charge in [-0.3, -0.25) is 4.79 Å². The number of carboxylic acid groups (broad SMARTS) is 1. The normalized spacial score (nSPS) is 19.5. The van der Waals surface area contributed by atoms with Crippen LogP contribution in [0.25, 0.3) is 11.1 Å². The number of hydrogen-bond donors (Lipinski definition) is 1. The Hall–Kier alpha value is -3.49. The summed E-state index contributed by atoms with van der Waals surface area (Å²) in [5, 5.41) is 9.13. The van der Waals surface area contributed by atoms with Crippen LogP contribution in [-0.2, 0) is 5.41 Å². The predicted molar refractivity (Wildman–Crippen MR) is 156 cm³/mol. The van der Waals surface area contributed by atoms with E-state index < -0.39 is 17.3 Å². The van der Waals surface area contributed by atoms with E-state index in [1.807, 2.05) is 13.8 Å². The van der Waals surface area contributed by atoms with Crippen LogP contribution in [0.1, 0.15) is 112 Å². The summed E-state index contributed by atoms with van der Waals surface area (Å²) in [6.45, 7) is 16.0. The number of amides is 1. The molecular weight excluding hydrogens is 523 g/mol. The molecule has 0 atom stereocenters. The zero-order valence-electron chi connectivity index (χ0n) is 25.2. The van der Waals surface area contributed by atoms with Gasteiger partial charge in [0.1, 0.15) is 5.52 Å². The van der Waals surface area contributed by atoms with Gasteiger partial charge in [0.15, 0.2) is 23.0 Å². The fourth-order valence-electron chi connectivity index (χ4n) is 6.23. The predicted octanol–water partition coefficient (Wildman–Crippen LogP) is 6.78. The molecule has 41 heavy (non-hydrogen) atoms. The van der Waals surface area contributed by atoms with Crippen molar-refractivity contribution >= 4 is 28.8 Å². The number of pyridine rings is 2. The maximum absolute atomic E-state index is 14.8. The van der Waals surface area contributed by atoms with Gasteiger partial charge in [-0.05, 0) is 62.5 Å². The molecule has 1 saturated carbocycles. The molecule has 4 heterocycles. The van der Waals surface area contributed by atoms with Gasteiger partial charge in [0.05, 0.1) is 11.1 Å². The number of halogens is 1. The molecular formula is C32H41FN4O4. The molecule has 0 aromatic carbocycles. The first-order valence-electron chi connectivity index (χ1n) is 14.5. The van der Waals surface area contributed by atoms with Gasteiger partial charge in [-0.2, -0.15) is 0 Å². The van der Waals surface area contributed by atoms with Gasteiger partial charge in [-0.1, -0.05) is 34.6 Å². The van der Waals surface area contributed by atoms with Crippen molar-refractivity contribution in [2.24, 2.45) is 5.41 Å². The van der Waals surface area contributed by atoms with Gasteiger partial charge in [0, 0.05) is 49.1 Å². The standard InChI is InChI=1S/C32H41FN4O4/c1-30(2,3)21-15-23(19-8-10-31(4,5)11-9-19)35-24-16-25(41-26(21)24)28(38)37-13-12-36(18-32(37,6)7)27-22(33)14-20(17-34-27)29(39)40/h14-17,19H,8-13,18H2,1-7H3,(H,39,40). The van der Waals surface area contributed by atoms with Crippen molar-refractivity contribution in [1.29, 1.82) is 0 Å². The number of piperazine rings is 1. The highest BCUT2D eigenvalue weighted by Gasteiger charge is 2.40. The maximum Gasteiger partial charge on any atom is 0.337 e. The second kappa shape index (κ2) is 10.1. The Balaban J connectivity index is 1.42. The Bertz CT molecular complexity index is 1490. The van der Waals surface area contributed by atoms with Crippen molar-refractivity contribution in [2.45, 2.75) is 91.0 Å². The quantitative estimate of drug-likeness (QED) is 0.373. The topological polar surface area (TPSA) is 99.8 Å². The summed E-state index contributed by atoms with van der Waals surface area (Å²) >= 11 is 0. The number of anilines is 1. The Morgan fingerprint density at radius 3 is 2.34 bits per heavy atom. The average molecular weight is 565 g/mol. The van der Waals surface area contributed by atoms with Crippen LogP contribution in [0.5, 0.6) is 0 Å². The van der Waals surface area contributed by atoms with E-state index in [-0.39, 0.29) is 28.5 Å². The van der Waals surface area contributed by atoms with E-state index in [4.69, 9.17) is 14.5 Å². The molecule has 1 saturated heterocycles. The lowest BCUT2D eigenvalue weighted by molar-refractivity contribution is 0.0482. The van der Waals surface area contributed by atoms with Gasteiger partial charge in [-0.15, -0.1) is 0 Å². The summed E-state index contributed by atoms with van der Waals surface area (Å²) in [4.78, 5) is 37.6. The molecule has 0 radical (unpaired) electrons. The zero-order chi connectivity index (χ0) is 29.9. The Kier molecular flexibility index (Phi) is 7.15. The Labute approximate surface area is 240 Å². The summed E-state index contributed by atoms with van der Waals surface area (Å²) in [5.74, 6) is -1.44. The number of nitrogens with zero attached hydrogens (tertiary/aromatic N) is 4. The number of fused-ring (bicyclic) bond motifs is 1. The first kappa shape index (κ1) is 29.0. The van der Waals surface area contributed by atoms with Gasteiger partial charge in [0.2, 0.25) is 0 Å². The minimum absolute atomic E-state index is 0.0801. The second-order valence-electron chi connectivity index (χ2n) is 14.1. The van der Waals surface area contributed by atoms with Crippen molar-refractivity contribution in [3.63, 3.8) is 0 Å². The molecule has 0 spiro atoms. The van der Waals surface area contributed by atoms with Gasteiger partial charge in [-0.25, -0.2) is 19.2 Å². The van der Waals surface area contributed by atoms with Crippen molar-refractivity contribution in [2.75, 3.05) is 24.5 Å². The number of hydrogen-bond acceptors (Lipinski definition) is 6. The molecule has 2 fully saturated rings. The van der Waals surface area contributed by atoms with Crippen molar-refractivity contribution in [3.8, 4) is 0 Å². The van der Waals surface area contributed by atoms with Crippen LogP contribution >= 0.6 is 0 Å². The third kappa shape index (κ3) is 5.68. The number of carbonyl (C=O) groups excluding carboxylic acids is 1. The van der Waals surface area contributed by atoms with E-state index in [1.54, 1.807) is 15.9 Å². The third-order valence-electron chi connectivity index (χ3n) is 8.79. The third-order valence-corrected chi connectivity index (χ3v) is 8.79. The lowest BCUT2D eigenvalue weighted by atomic mass is 9.72. The van der Waals surface area contributed by atoms with Gasteiger partial charge >= 0.3 is 5.97 Å². The highest BCUT2D eigenvalue weighted by Crippen LogP contribution is 2.43. The molecule has 0 bridgehead atoms. The first-order valence-corrected chi connectivity index (χ1v) is 14.5. The Morgan fingerprint density at radius 2 is 1.76 bits per heavy atom. The summed E-state index contributed by atoms with van der Waals surface area (Å²) in [5.41, 5.74) is 2.79. The second-order valence-corrected chi connectivity index (χ2v) is 14.1. The number of rotatable bonds is 4. The minimum Gasteiger partial charge on any atom is -0.478 e. The van der Waals surface area contributed by atoms with Crippen LogP contribution in [0.15, 0.2) is 28.8 Å². The maximum atomic E-state index is 14.8. The lowest BCUT2D eigenvalue weighted by Gasteiger charge is -2.47. The first-order chi connectivity index (χ1) is 19.1. The van der Waals surface area contributed by atoms with E-state index in [1.165, 1.54) is 12.8 Å². The van der Waals surface area contributed by atoms with E-state index >= 15 is 0 Å². The summed E-state index contributed by atoms with van der Waals surface area (Å²) < 4.78 is 21.0. The van der Waals surface area contributed by atoms with Crippen LogP contribution in [0.4, 0.5) is 10.2 Å². The minimum atomic E-state index is -1.23. The van der Waals surface area contributed by atoms with Crippen LogP contribution in [-0.4, -0.2) is 57.0 Å². The number of aromatic nitrogens is 2. The van der Waals surface area contributed by atoms with Crippen LogP contribution in [0.3, 0.4) is 0 Å². The van der Waals surface area contributed by atoms with E-state index in [2.05, 4.69) is 45.7 Å². The number of aromatic carboxylic acids is 1. The number of carboxylic acids is 1. The Morgan fingerprint density at radius 1 is 1.07 bits per heavy atom. The van der Waals surface area contributed by atoms with Crippen LogP contribution in [0.2, 0.25) is 0 Å². The van der Waals surface area contributed by atoms with Gasteiger partial charge in [0.25, 0.3) is 5.91 Å². The van der Waals surface area contributed by atoms with Gasteiger partial charge < -0.3 is 19.3 Å². The molecule has 3 aromatic heterocycles. The summed E-state index contributed by atoms with van der Waals surface area (Å²) in [6, 6.07) is 4.94. The van der Waals surface area contributed by atoms with Crippen LogP contribution < -0.4 is 4.90 Å². The molecule has 1 aliphatic carbocycles.